The molecule has 9 nitrogen and oxygen atoms in total. The number of sulfonamides is 1. The molecule has 1 aliphatic carbocycles. The third kappa shape index (κ3) is 3.09. The van der Waals surface area contributed by atoms with Gasteiger partial charge in [0.1, 0.15) is 0 Å². The first-order valence-electron chi connectivity index (χ1n) is 9.14. The molecule has 0 radical (unpaired) electrons. The molecule has 3 aliphatic rings. The van der Waals surface area contributed by atoms with Gasteiger partial charge < -0.3 is 14.7 Å². The van der Waals surface area contributed by atoms with Crippen LogP contribution in [0, 0.1) is 5.41 Å². The maximum Gasteiger partial charge on any atom is 0.317 e. The van der Waals surface area contributed by atoms with E-state index in [2.05, 4.69) is 15.5 Å². The van der Waals surface area contributed by atoms with Gasteiger partial charge in [-0.3, -0.25) is 0 Å². The van der Waals surface area contributed by atoms with E-state index in [1.54, 1.807) is 4.90 Å². The summed E-state index contributed by atoms with van der Waals surface area (Å²) in [6.45, 7) is 4.35. The van der Waals surface area contributed by atoms with Crippen molar-refractivity contribution in [3.05, 3.63) is 11.7 Å². The van der Waals surface area contributed by atoms with E-state index in [-0.39, 0.29) is 17.4 Å². The van der Waals surface area contributed by atoms with E-state index in [0.29, 0.717) is 44.5 Å². The number of urea groups is 1. The van der Waals surface area contributed by atoms with Crippen molar-refractivity contribution >= 4 is 16.1 Å². The standard InChI is InChI=1S/C16H25N5O4S/c1-3-6-17-15(22)20-8-16(9-20)10-21(26(2,23)24)7-12(16)14-18-13(19-25-14)11-4-5-11/h11-12H,3-10H2,1-2H3,(H,17,22). The second-order valence-electron chi connectivity index (χ2n) is 7.82. The number of nitrogens with zero attached hydrogens (tertiary/aromatic N) is 4. The largest absolute Gasteiger partial charge is 0.339 e. The molecule has 2 saturated heterocycles. The van der Waals surface area contributed by atoms with E-state index >= 15 is 0 Å². The molecule has 1 N–H and O–H groups in total. The van der Waals surface area contributed by atoms with Crippen molar-refractivity contribution in [2.24, 2.45) is 5.41 Å². The van der Waals surface area contributed by atoms with Gasteiger partial charge in [0, 0.05) is 44.1 Å². The van der Waals surface area contributed by atoms with Crippen LogP contribution in [0.4, 0.5) is 4.79 Å². The minimum absolute atomic E-state index is 0.0989. The summed E-state index contributed by atoms with van der Waals surface area (Å²) >= 11 is 0. The van der Waals surface area contributed by atoms with Crippen LogP contribution in [-0.2, 0) is 10.0 Å². The predicted molar refractivity (Wildman–Crippen MR) is 93.1 cm³/mol. The van der Waals surface area contributed by atoms with E-state index < -0.39 is 10.0 Å². The Hall–Kier alpha value is -1.68. The Morgan fingerprint density at radius 2 is 2.08 bits per heavy atom. The molecular formula is C16H25N5O4S. The number of amides is 2. The van der Waals surface area contributed by atoms with Gasteiger partial charge in [-0.15, -0.1) is 0 Å². The van der Waals surface area contributed by atoms with Gasteiger partial charge in [-0.2, -0.15) is 4.98 Å². The second kappa shape index (κ2) is 6.19. The molecular weight excluding hydrogens is 358 g/mol. The minimum atomic E-state index is -3.32. The van der Waals surface area contributed by atoms with Crippen molar-refractivity contribution in [2.75, 3.05) is 39.0 Å². The van der Waals surface area contributed by atoms with Crippen LogP contribution in [0.15, 0.2) is 4.52 Å². The van der Waals surface area contributed by atoms with E-state index in [4.69, 9.17) is 4.52 Å². The Labute approximate surface area is 153 Å². The van der Waals surface area contributed by atoms with Gasteiger partial charge in [0.25, 0.3) is 0 Å². The number of hydrogen-bond donors (Lipinski definition) is 1. The van der Waals surface area contributed by atoms with Crippen LogP contribution >= 0.6 is 0 Å². The van der Waals surface area contributed by atoms with Gasteiger partial charge >= 0.3 is 6.03 Å². The molecule has 1 aromatic rings. The summed E-state index contributed by atoms with van der Waals surface area (Å²) in [5.74, 6) is 1.44. The van der Waals surface area contributed by atoms with Crippen LogP contribution < -0.4 is 5.32 Å². The topological polar surface area (TPSA) is 109 Å². The summed E-state index contributed by atoms with van der Waals surface area (Å²) in [4.78, 5) is 18.5. The lowest BCUT2D eigenvalue weighted by atomic mass is 9.71. The zero-order valence-corrected chi connectivity index (χ0v) is 16.0. The smallest absolute Gasteiger partial charge is 0.317 e. The van der Waals surface area contributed by atoms with Gasteiger partial charge in [-0.1, -0.05) is 12.1 Å². The van der Waals surface area contributed by atoms with E-state index in [0.717, 1.165) is 25.1 Å². The van der Waals surface area contributed by atoms with Crippen LogP contribution in [0.1, 0.15) is 49.7 Å². The Morgan fingerprint density at radius 3 is 2.69 bits per heavy atom. The van der Waals surface area contributed by atoms with Gasteiger partial charge in [0.2, 0.25) is 15.9 Å². The predicted octanol–water partition coefficient (Wildman–Crippen LogP) is 0.727. The van der Waals surface area contributed by atoms with Crippen molar-refractivity contribution in [2.45, 2.75) is 38.0 Å². The van der Waals surface area contributed by atoms with Gasteiger partial charge in [-0.05, 0) is 19.3 Å². The van der Waals surface area contributed by atoms with Crippen molar-refractivity contribution < 1.29 is 17.7 Å². The van der Waals surface area contributed by atoms with Crippen molar-refractivity contribution in [1.29, 1.82) is 0 Å². The van der Waals surface area contributed by atoms with Crippen LogP contribution in [0.25, 0.3) is 0 Å². The van der Waals surface area contributed by atoms with Gasteiger partial charge in [0.05, 0.1) is 12.2 Å². The van der Waals surface area contributed by atoms with Crippen LogP contribution in [0.2, 0.25) is 0 Å². The second-order valence-corrected chi connectivity index (χ2v) is 9.81. The zero-order valence-electron chi connectivity index (χ0n) is 15.1. The molecule has 2 aliphatic heterocycles. The zero-order chi connectivity index (χ0) is 18.5. The molecule has 1 unspecified atom stereocenters. The molecule has 0 aromatic carbocycles. The maximum absolute atomic E-state index is 12.2. The van der Waals surface area contributed by atoms with Crippen molar-refractivity contribution in [3.8, 4) is 0 Å². The molecule has 2 amide bonds. The van der Waals surface area contributed by atoms with Crippen molar-refractivity contribution in [1.82, 2.24) is 24.7 Å². The molecule has 3 fully saturated rings. The fourth-order valence-corrected chi connectivity index (χ4v) is 4.85. The summed E-state index contributed by atoms with van der Waals surface area (Å²) in [6.07, 6.45) is 4.25. The number of nitrogens with one attached hydrogen (secondary N) is 1. The number of hydrogen-bond acceptors (Lipinski definition) is 6. The minimum Gasteiger partial charge on any atom is -0.339 e. The molecule has 1 spiro atoms. The third-order valence-corrected chi connectivity index (χ3v) is 6.82. The Morgan fingerprint density at radius 1 is 1.35 bits per heavy atom. The number of rotatable bonds is 5. The SMILES string of the molecule is CCCNC(=O)N1CC2(C1)CN(S(C)(=O)=O)CC2c1nc(C2CC2)no1. The van der Waals surface area contributed by atoms with E-state index in [1.807, 2.05) is 6.92 Å². The number of aromatic nitrogens is 2. The van der Waals surface area contributed by atoms with Crippen LogP contribution in [0.5, 0.6) is 0 Å². The maximum atomic E-state index is 12.2. The Kier molecular flexibility index (Phi) is 4.22. The van der Waals surface area contributed by atoms with Gasteiger partial charge in [0.15, 0.2) is 5.82 Å². The molecule has 144 valence electrons. The molecule has 1 aromatic heterocycles. The molecule has 0 bridgehead atoms. The average Bonchev–Trinajstić information content (AvgIpc) is 3.13. The van der Waals surface area contributed by atoms with Crippen LogP contribution in [-0.4, -0.2) is 72.8 Å². The first kappa shape index (κ1) is 17.7. The summed E-state index contributed by atoms with van der Waals surface area (Å²) in [7, 11) is -3.32. The highest BCUT2D eigenvalue weighted by molar-refractivity contribution is 7.88. The highest BCUT2D eigenvalue weighted by Crippen LogP contribution is 2.50. The summed E-state index contributed by atoms with van der Waals surface area (Å²) in [6, 6.07) is -0.0989. The van der Waals surface area contributed by atoms with E-state index in [1.165, 1.54) is 10.6 Å². The lowest BCUT2D eigenvalue weighted by Crippen LogP contribution is -2.63. The summed E-state index contributed by atoms with van der Waals surface area (Å²) in [5, 5.41) is 6.95. The third-order valence-electron chi connectivity index (χ3n) is 5.61. The normalized spacial score (nSPS) is 25.5. The molecule has 10 heteroatoms. The monoisotopic (exact) mass is 383 g/mol. The summed E-state index contributed by atoms with van der Waals surface area (Å²) < 4.78 is 31.1. The summed E-state index contributed by atoms with van der Waals surface area (Å²) in [5.41, 5.74) is -0.347. The molecule has 1 saturated carbocycles. The number of carbonyl (C=O) groups excluding carboxylic acids is 1. The average molecular weight is 383 g/mol. The fraction of sp³-hybridized carbons (Fsp3) is 0.812. The highest BCUT2D eigenvalue weighted by Gasteiger charge is 2.59. The molecule has 1 atom stereocenters. The lowest BCUT2D eigenvalue weighted by molar-refractivity contribution is 0.0242. The first-order valence-corrected chi connectivity index (χ1v) is 11.0. The molecule has 4 rings (SSSR count). The Balaban J connectivity index is 1.53. The first-order chi connectivity index (χ1) is 12.3. The Bertz CT molecular complexity index is 797. The van der Waals surface area contributed by atoms with Crippen LogP contribution in [0.3, 0.4) is 0 Å². The molecule has 26 heavy (non-hydrogen) atoms. The van der Waals surface area contributed by atoms with Gasteiger partial charge in [-0.25, -0.2) is 17.5 Å². The van der Waals surface area contributed by atoms with E-state index in [9.17, 15) is 13.2 Å². The quantitative estimate of drug-likeness (QED) is 0.803. The molecule has 3 heterocycles. The fourth-order valence-electron chi connectivity index (χ4n) is 3.93. The lowest BCUT2D eigenvalue weighted by Gasteiger charge is -2.49. The van der Waals surface area contributed by atoms with Crippen molar-refractivity contribution in [3.63, 3.8) is 0 Å². The highest BCUT2D eigenvalue weighted by atomic mass is 32.2. The number of carbonyl (C=O) groups is 1. The number of likely N-dealkylation sites (tertiary alicyclic amines) is 1.